The maximum atomic E-state index is 12.5. The first-order valence-corrected chi connectivity index (χ1v) is 9.38. The molecular formula is C19H20N4OS. The molecule has 0 spiro atoms. The number of urea groups is 1. The molecule has 1 aliphatic rings. The fraction of sp³-hybridized carbons (Fsp3) is 0.263. The molecular weight excluding hydrogens is 332 g/mol. The molecule has 2 aromatic carbocycles. The Labute approximate surface area is 152 Å². The molecule has 1 N–H and O–H groups in total. The van der Waals surface area contributed by atoms with Gasteiger partial charge >= 0.3 is 6.03 Å². The number of nitriles is 1. The number of nitrogens with zero attached hydrogens (tertiary/aromatic N) is 3. The molecule has 0 bridgehead atoms. The van der Waals surface area contributed by atoms with Crippen LogP contribution < -0.4 is 10.2 Å². The molecule has 1 saturated heterocycles. The number of carbonyl (C=O) groups excluding carboxylic acids is 1. The van der Waals surface area contributed by atoms with E-state index in [1.807, 2.05) is 18.2 Å². The van der Waals surface area contributed by atoms with E-state index < -0.39 is 0 Å². The lowest BCUT2D eigenvalue weighted by molar-refractivity contribution is 0.208. The lowest BCUT2D eigenvalue weighted by Gasteiger charge is -2.36. The summed E-state index contributed by atoms with van der Waals surface area (Å²) < 4.78 is 0. The first kappa shape index (κ1) is 17.2. The Balaban J connectivity index is 1.62. The second-order valence-corrected chi connectivity index (χ2v) is 6.58. The number of amides is 2. The first-order valence-electron chi connectivity index (χ1n) is 8.16. The molecule has 0 aliphatic carbocycles. The van der Waals surface area contributed by atoms with Crippen molar-refractivity contribution < 1.29 is 4.79 Å². The zero-order valence-electron chi connectivity index (χ0n) is 14.1. The van der Waals surface area contributed by atoms with Crippen molar-refractivity contribution in [2.75, 3.05) is 42.7 Å². The van der Waals surface area contributed by atoms with Gasteiger partial charge in [-0.15, -0.1) is 11.8 Å². The Bertz CT molecular complexity index is 794. The minimum absolute atomic E-state index is 0.152. The standard InChI is InChI=1S/C19H20N4OS/c1-25-18-9-5-4-8-17(18)22-10-12-23(13-11-22)19(24)21-16-7-3-2-6-15(16)14-20/h2-9H,10-13H2,1H3,(H,21,24). The van der Waals surface area contributed by atoms with Crippen LogP contribution in [0.5, 0.6) is 0 Å². The summed E-state index contributed by atoms with van der Waals surface area (Å²) in [4.78, 5) is 17.9. The van der Waals surface area contributed by atoms with Crippen molar-refractivity contribution >= 4 is 29.2 Å². The van der Waals surface area contributed by atoms with Crippen LogP contribution in [0.15, 0.2) is 53.4 Å². The third-order valence-electron chi connectivity index (χ3n) is 4.28. The van der Waals surface area contributed by atoms with Crippen molar-refractivity contribution in [1.82, 2.24) is 4.90 Å². The van der Waals surface area contributed by atoms with Gasteiger partial charge in [-0.2, -0.15) is 5.26 Å². The number of nitrogens with one attached hydrogen (secondary N) is 1. The SMILES string of the molecule is CSc1ccccc1N1CCN(C(=O)Nc2ccccc2C#N)CC1. The van der Waals surface area contributed by atoms with Crippen LogP contribution in [0.3, 0.4) is 0 Å². The van der Waals surface area contributed by atoms with Gasteiger partial charge < -0.3 is 15.1 Å². The maximum Gasteiger partial charge on any atom is 0.322 e. The highest BCUT2D eigenvalue weighted by Crippen LogP contribution is 2.29. The molecule has 0 saturated carbocycles. The van der Waals surface area contributed by atoms with Gasteiger partial charge in [-0.25, -0.2) is 4.79 Å². The van der Waals surface area contributed by atoms with E-state index in [-0.39, 0.29) is 6.03 Å². The number of thioether (sulfide) groups is 1. The maximum absolute atomic E-state index is 12.5. The van der Waals surface area contributed by atoms with E-state index in [0.717, 1.165) is 13.1 Å². The summed E-state index contributed by atoms with van der Waals surface area (Å²) in [7, 11) is 0. The van der Waals surface area contributed by atoms with Gasteiger partial charge in [-0.1, -0.05) is 24.3 Å². The van der Waals surface area contributed by atoms with Gasteiger partial charge in [0.15, 0.2) is 0 Å². The molecule has 128 valence electrons. The van der Waals surface area contributed by atoms with E-state index in [1.54, 1.807) is 34.9 Å². The fourth-order valence-electron chi connectivity index (χ4n) is 2.93. The number of para-hydroxylation sites is 2. The fourth-order valence-corrected chi connectivity index (χ4v) is 3.55. The minimum Gasteiger partial charge on any atom is -0.367 e. The molecule has 3 rings (SSSR count). The lowest BCUT2D eigenvalue weighted by Crippen LogP contribution is -2.50. The molecule has 0 aromatic heterocycles. The summed E-state index contributed by atoms with van der Waals surface area (Å²) in [6.45, 7) is 2.91. The Morgan fingerprint density at radius 2 is 1.76 bits per heavy atom. The van der Waals surface area contributed by atoms with Crippen LogP contribution in [-0.4, -0.2) is 43.4 Å². The summed E-state index contributed by atoms with van der Waals surface area (Å²) in [5.74, 6) is 0. The molecule has 0 radical (unpaired) electrons. The Kier molecular flexibility index (Phi) is 5.46. The highest BCUT2D eigenvalue weighted by atomic mass is 32.2. The van der Waals surface area contributed by atoms with Crippen LogP contribution in [0.25, 0.3) is 0 Å². The van der Waals surface area contributed by atoms with Crippen molar-refractivity contribution in [3.63, 3.8) is 0 Å². The molecule has 1 aliphatic heterocycles. The van der Waals surface area contributed by atoms with Gasteiger partial charge in [0.05, 0.1) is 16.9 Å². The van der Waals surface area contributed by atoms with Crippen molar-refractivity contribution in [3.8, 4) is 6.07 Å². The molecule has 2 amide bonds. The van der Waals surface area contributed by atoms with Gasteiger partial charge in [0.25, 0.3) is 0 Å². The molecule has 2 aromatic rings. The summed E-state index contributed by atoms with van der Waals surface area (Å²) in [6.07, 6.45) is 2.08. The first-order chi connectivity index (χ1) is 12.2. The van der Waals surface area contributed by atoms with E-state index in [2.05, 4.69) is 34.7 Å². The number of benzene rings is 2. The molecule has 25 heavy (non-hydrogen) atoms. The van der Waals surface area contributed by atoms with E-state index >= 15 is 0 Å². The Morgan fingerprint density at radius 1 is 1.08 bits per heavy atom. The van der Waals surface area contributed by atoms with Crippen molar-refractivity contribution in [2.24, 2.45) is 0 Å². The average molecular weight is 352 g/mol. The topological polar surface area (TPSA) is 59.4 Å². The van der Waals surface area contributed by atoms with Gasteiger partial charge in [0.2, 0.25) is 0 Å². The third kappa shape index (κ3) is 3.89. The highest BCUT2D eigenvalue weighted by molar-refractivity contribution is 7.98. The monoisotopic (exact) mass is 352 g/mol. The summed E-state index contributed by atoms with van der Waals surface area (Å²) >= 11 is 1.74. The van der Waals surface area contributed by atoms with E-state index in [4.69, 9.17) is 5.26 Å². The van der Waals surface area contributed by atoms with Crippen molar-refractivity contribution in [3.05, 3.63) is 54.1 Å². The van der Waals surface area contributed by atoms with Gasteiger partial charge in [0.1, 0.15) is 6.07 Å². The molecule has 1 heterocycles. The minimum atomic E-state index is -0.152. The van der Waals surface area contributed by atoms with Gasteiger partial charge in [-0.3, -0.25) is 0 Å². The smallest absolute Gasteiger partial charge is 0.322 e. The number of hydrogen-bond donors (Lipinski definition) is 1. The number of rotatable bonds is 3. The van der Waals surface area contributed by atoms with Crippen molar-refractivity contribution in [2.45, 2.75) is 4.90 Å². The highest BCUT2D eigenvalue weighted by Gasteiger charge is 2.22. The number of piperazine rings is 1. The predicted molar refractivity (Wildman–Crippen MR) is 102 cm³/mol. The van der Waals surface area contributed by atoms with Crippen molar-refractivity contribution in [1.29, 1.82) is 5.26 Å². The largest absolute Gasteiger partial charge is 0.367 e. The second-order valence-electron chi connectivity index (χ2n) is 5.73. The number of hydrogen-bond acceptors (Lipinski definition) is 4. The molecule has 1 fully saturated rings. The second kappa shape index (κ2) is 7.95. The zero-order valence-corrected chi connectivity index (χ0v) is 14.9. The van der Waals surface area contributed by atoms with Gasteiger partial charge in [-0.05, 0) is 30.5 Å². The van der Waals surface area contributed by atoms with Crippen LogP contribution in [0, 0.1) is 11.3 Å². The quantitative estimate of drug-likeness (QED) is 0.857. The molecule has 0 atom stereocenters. The molecule has 6 heteroatoms. The van der Waals surface area contributed by atoms with Crippen LogP contribution in [0.4, 0.5) is 16.2 Å². The Morgan fingerprint density at radius 3 is 2.48 bits per heavy atom. The summed E-state index contributed by atoms with van der Waals surface area (Å²) in [6, 6.07) is 17.4. The Hall–Kier alpha value is -2.65. The van der Waals surface area contributed by atoms with Crippen LogP contribution >= 0.6 is 11.8 Å². The van der Waals surface area contributed by atoms with Gasteiger partial charge in [0, 0.05) is 31.1 Å². The van der Waals surface area contributed by atoms with Crippen LogP contribution in [0.1, 0.15) is 5.56 Å². The average Bonchev–Trinajstić information content (AvgIpc) is 2.68. The van der Waals surface area contributed by atoms with E-state index in [1.165, 1.54) is 10.6 Å². The molecule has 5 nitrogen and oxygen atoms in total. The van der Waals surface area contributed by atoms with E-state index in [9.17, 15) is 4.79 Å². The predicted octanol–water partition coefficient (Wildman–Crippen LogP) is 3.63. The lowest BCUT2D eigenvalue weighted by atomic mass is 10.2. The number of anilines is 2. The zero-order chi connectivity index (χ0) is 17.6. The summed E-state index contributed by atoms with van der Waals surface area (Å²) in [5, 5.41) is 12.0. The summed E-state index contributed by atoms with van der Waals surface area (Å²) in [5.41, 5.74) is 2.26. The molecule has 0 unspecified atom stereocenters. The van der Waals surface area contributed by atoms with Crippen LogP contribution in [0.2, 0.25) is 0 Å². The number of carbonyl (C=O) groups is 1. The third-order valence-corrected chi connectivity index (χ3v) is 5.07. The van der Waals surface area contributed by atoms with Crippen LogP contribution in [-0.2, 0) is 0 Å². The normalized spacial score (nSPS) is 14.1. The van der Waals surface area contributed by atoms with E-state index in [0.29, 0.717) is 24.3 Å².